The molecule has 0 radical (unpaired) electrons. The summed E-state index contributed by atoms with van der Waals surface area (Å²) < 4.78 is 0. The van der Waals surface area contributed by atoms with Gasteiger partial charge in [-0.2, -0.15) is 0 Å². The molecule has 2 N–H and O–H groups in total. The molecule has 7 nitrogen and oxygen atoms in total. The maximum absolute atomic E-state index is 11.9. The van der Waals surface area contributed by atoms with E-state index in [1.807, 2.05) is 53.6 Å². The predicted octanol–water partition coefficient (Wildman–Crippen LogP) is 4.36. The molecule has 2 aromatic heterocycles. The molecule has 2 amide bonds. The van der Waals surface area contributed by atoms with Crippen molar-refractivity contribution in [1.29, 1.82) is 0 Å². The molecule has 2 aliphatic rings. The summed E-state index contributed by atoms with van der Waals surface area (Å²) in [7, 11) is 0. The molecule has 1 aromatic carbocycles. The Hall–Kier alpha value is -3.74. The highest BCUT2D eigenvalue weighted by Gasteiger charge is 2.29. The topological polar surface area (TPSA) is 87.2 Å². The van der Waals surface area contributed by atoms with Crippen LogP contribution in [0.3, 0.4) is 0 Å². The minimum atomic E-state index is 0.0570. The zero-order valence-corrected chi connectivity index (χ0v) is 17.0. The van der Waals surface area contributed by atoms with Gasteiger partial charge >= 0.3 is 0 Å². The maximum Gasteiger partial charge on any atom is 0.227 e. The number of nitrogens with one attached hydrogen (secondary N) is 2. The highest BCUT2D eigenvalue weighted by molar-refractivity contribution is 5.95. The molecule has 1 aliphatic carbocycles. The van der Waals surface area contributed by atoms with Gasteiger partial charge in [0.2, 0.25) is 11.8 Å². The van der Waals surface area contributed by atoms with E-state index in [0.717, 1.165) is 48.3 Å². The van der Waals surface area contributed by atoms with Gasteiger partial charge in [-0.15, -0.1) is 0 Å². The Morgan fingerprint density at radius 1 is 0.968 bits per heavy atom. The van der Waals surface area contributed by atoms with Crippen molar-refractivity contribution in [2.75, 3.05) is 22.1 Å². The molecule has 1 saturated heterocycles. The largest absolute Gasteiger partial charge is 0.339 e. The van der Waals surface area contributed by atoms with Crippen LogP contribution in [-0.4, -0.2) is 28.3 Å². The average molecular weight is 413 g/mol. The molecule has 0 spiro atoms. The Labute approximate surface area is 180 Å². The predicted molar refractivity (Wildman–Crippen MR) is 120 cm³/mol. The molecule has 0 bridgehead atoms. The molecule has 5 rings (SSSR count). The minimum absolute atomic E-state index is 0.0570. The van der Waals surface area contributed by atoms with E-state index in [1.165, 1.54) is 0 Å². The van der Waals surface area contributed by atoms with E-state index in [9.17, 15) is 9.59 Å². The first-order valence-electron chi connectivity index (χ1n) is 10.6. The van der Waals surface area contributed by atoms with E-state index in [0.29, 0.717) is 17.9 Å². The van der Waals surface area contributed by atoms with Crippen LogP contribution in [0, 0.1) is 5.92 Å². The number of rotatable bonds is 6. The molecular weight excluding hydrogens is 390 g/mol. The van der Waals surface area contributed by atoms with Gasteiger partial charge in [0.25, 0.3) is 0 Å². The highest BCUT2D eigenvalue weighted by Crippen LogP contribution is 2.30. The number of carbonyl (C=O) groups excluding carboxylic acids is 2. The van der Waals surface area contributed by atoms with Crippen LogP contribution in [0.15, 0.2) is 61.1 Å². The van der Waals surface area contributed by atoms with Crippen LogP contribution in [-0.2, 0) is 9.59 Å². The number of aromatic nitrogens is 2. The molecule has 2 fully saturated rings. The zero-order chi connectivity index (χ0) is 21.2. The number of hydrogen-bond donors (Lipinski definition) is 2. The molecule has 0 unspecified atom stereocenters. The SMILES string of the molecule is O=C(Nc1cncc(Nc2ccc(-c3ccc(N4CCCC4=O)cc3)cn2)c1)C1CC1. The highest BCUT2D eigenvalue weighted by atomic mass is 16.2. The lowest BCUT2D eigenvalue weighted by Crippen LogP contribution is -2.23. The molecule has 156 valence electrons. The fourth-order valence-electron chi connectivity index (χ4n) is 3.71. The fraction of sp³-hybridized carbons (Fsp3) is 0.250. The Morgan fingerprint density at radius 2 is 1.74 bits per heavy atom. The summed E-state index contributed by atoms with van der Waals surface area (Å²) in [4.78, 5) is 34.4. The van der Waals surface area contributed by atoms with Gasteiger partial charge in [-0.3, -0.25) is 14.6 Å². The number of anilines is 4. The molecule has 31 heavy (non-hydrogen) atoms. The number of amides is 2. The van der Waals surface area contributed by atoms with Crippen LogP contribution >= 0.6 is 0 Å². The summed E-state index contributed by atoms with van der Waals surface area (Å²) >= 11 is 0. The van der Waals surface area contributed by atoms with Gasteiger partial charge in [0.1, 0.15) is 5.82 Å². The smallest absolute Gasteiger partial charge is 0.227 e. The van der Waals surface area contributed by atoms with E-state index in [1.54, 1.807) is 12.4 Å². The summed E-state index contributed by atoms with van der Waals surface area (Å²) in [5, 5.41) is 6.12. The second-order valence-corrected chi connectivity index (χ2v) is 7.98. The van der Waals surface area contributed by atoms with Crippen LogP contribution in [0.25, 0.3) is 11.1 Å². The third-order valence-corrected chi connectivity index (χ3v) is 5.58. The number of carbonyl (C=O) groups is 2. The number of pyridine rings is 2. The first kappa shape index (κ1) is 19.2. The second kappa shape index (κ2) is 8.18. The van der Waals surface area contributed by atoms with Gasteiger partial charge in [-0.25, -0.2) is 4.98 Å². The molecule has 1 aliphatic heterocycles. The average Bonchev–Trinajstić information content (AvgIpc) is 3.56. The summed E-state index contributed by atoms with van der Waals surface area (Å²) in [6.45, 7) is 0.792. The minimum Gasteiger partial charge on any atom is -0.339 e. The van der Waals surface area contributed by atoms with E-state index >= 15 is 0 Å². The fourth-order valence-corrected chi connectivity index (χ4v) is 3.71. The Kier molecular flexibility index (Phi) is 5.08. The van der Waals surface area contributed by atoms with Crippen molar-refractivity contribution in [3.8, 4) is 11.1 Å². The first-order valence-corrected chi connectivity index (χ1v) is 10.6. The van der Waals surface area contributed by atoms with Gasteiger partial charge in [-0.1, -0.05) is 12.1 Å². The lowest BCUT2D eigenvalue weighted by Gasteiger charge is -2.16. The molecule has 7 heteroatoms. The van der Waals surface area contributed by atoms with Crippen molar-refractivity contribution in [3.05, 3.63) is 61.1 Å². The van der Waals surface area contributed by atoms with E-state index in [4.69, 9.17) is 0 Å². The van der Waals surface area contributed by atoms with Gasteiger partial charge in [0.05, 0.1) is 23.8 Å². The lowest BCUT2D eigenvalue weighted by atomic mass is 10.1. The Balaban J connectivity index is 1.25. The van der Waals surface area contributed by atoms with Crippen molar-refractivity contribution in [2.24, 2.45) is 5.92 Å². The van der Waals surface area contributed by atoms with Crippen molar-refractivity contribution in [3.63, 3.8) is 0 Å². The summed E-state index contributed by atoms with van der Waals surface area (Å²) in [5.74, 6) is 1.09. The van der Waals surface area contributed by atoms with Crippen LogP contribution < -0.4 is 15.5 Å². The molecule has 3 aromatic rings. The van der Waals surface area contributed by atoms with Gasteiger partial charge in [0.15, 0.2) is 0 Å². The quantitative estimate of drug-likeness (QED) is 0.627. The van der Waals surface area contributed by atoms with Crippen LogP contribution in [0.2, 0.25) is 0 Å². The zero-order valence-electron chi connectivity index (χ0n) is 17.0. The van der Waals surface area contributed by atoms with Crippen LogP contribution in [0.1, 0.15) is 25.7 Å². The van der Waals surface area contributed by atoms with Gasteiger partial charge in [-0.05, 0) is 55.2 Å². The second-order valence-electron chi connectivity index (χ2n) is 7.98. The summed E-state index contributed by atoms with van der Waals surface area (Å²) in [6.07, 6.45) is 8.63. The molecular formula is C24H23N5O2. The standard InChI is InChI=1S/C24H23N5O2/c30-23-2-1-11-29(23)21-8-5-16(6-9-21)18-7-10-22(26-13-18)27-19-12-20(15-25-14-19)28-24(31)17-3-4-17/h5-10,12-15,17H,1-4,11H2,(H,26,27)(H,28,31). The monoisotopic (exact) mass is 413 g/mol. The number of nitrogens with zero attached hydrogens (tertiary/aromatic N) is 3. The van der Waals surface area contributed by atoms with Crippen LogP contribution in [0.5, 0.6) is 0 Å². The normalized spacial score (nSPS) is 15.7. The molecule has 0 atom stereocenters. The Bertz CT molecular complexity index is 1110. The number of benzene rings is 1. The van der Waals surface area contributed by atoms with E-state index in [2.05, 4.69) is 20.6 Å². The molecule has 3 heterocycles. The van der Waals surface area contributed by atoms with Crippen molar-refractivity contribution < 1.29 is 9.59 Å². The first-order chi connectivity index (χ1) is 15.2. The number of hydrogen-bond acceptors (Lipinski definition) is 5. The summed E-state index contributed by atoms with van der Waals surface area (Å²) in [6, 6.07) is 13.7. The summed E-state index contributed by atoms with van der Waals surface area (Å²) in [5.41, 5.74) is 4.41. The third-order valence-electron chi connectivity index (χ3n) is 5.58. The van der Waals surface area contributed by atoms with E-state index in [-0.39, 0.29) is 17.7 Å². The Morgan fingerprint density at radius 3 is 2.42 bits per heavy atom. The van der Waals surface area contributed by atoms with Crippen molar-refractivity contribution in [2.45, 2.75) is 25.7 Å². The van der Waals surface area contributed by atoms with E-state index < -0.39 is 0 Å². The maximum atomic E-state index is 11.9. The lowest BCUT2D eigenvalue weighted by molar-refractivity contribution is -0.118. The van der Waals surface area contributed by atoms with Crippen molar-refractivity contribution in [1.82, 2.24) is 9.97 Å². The molecule has 1 saturated carbocycles. The van der Waals surface area contributed by atoms with Gasteiger partial charge < -0.3 is 15.5 Å². The van der Waals surface area contributed by atoms with Crippen LogP contribution in [0.4, 0.5) is 22.9 Å². The van der Waals surface area contributed by atoms with Gasteiger partial charge in [0, 0.05) is 36.3 Å². The third kappa shape index (κ3) is 4.40. The van der Waals surface area contributed by atoms with Crippen molar-refractivity contribution >= 4 is 34.7 Å².